The van der Waals surface area contributed by atoms with Crippen molar-refractivity contribution in [3.8, 4) is 0 Å². The van der Waals surface area contributed by atoms with Crippen molar-refractivity contribution in [3.63, 3.8) is 0 Å². The summed E-state index contributed by atoms with van der Waals surface area (Å²) >= 11 is 0. The average Bonchev–Trinajstić information content (AvgIpc) is 2.21. The molecule has 1 aromatic carbocycles. The Morgan fingerprint density at radius 1 is 1.47 bits per heavy atom. The van der Waals surface area contributed by atoms with Crippen LogP contribution in [0.4, 0.5) is 0 Å². The first-order valence-corrected chi connectivity index (χ1v) is 5.02. The highest BCUT2D eigenvalue weighted by atomic mass is 16.5. The molecular weight excluding hydrogens is 192 g/mol. The molecule has 0 radical (unpaired) electrons. The molecule has 0 aliphatic rings. The molecule has 0 unspecified atom stereocenters. The largest absolute Gasteiger partial charge is 0.466 e. The van der Waals surface area contributed by atoms with E-state index >= 15 is 0 Å². The monoisotopic (exact) mass is 208 g/mol. The normalized spacial score (nSPS) is 10.1. The van der Waals surface area contributed by atoms with Gasteiger partial charge in [0.1, 0.15) is 0 Å². The summed E-state index contributed by atoms with van der Waals surface area (Å²) in [5.74, 6) is -0.231. The zero-order valence-electron chi connectivity index (χ0n) is 9.12. The Bertz CT molecular complexity index is 345. The first kappa shape index (κ1) is 11.7. The third-order valence-electron chi connectivity index (χ3n) is 2.24. The summed E-state index contributed by atoms with van der Waals surface area (Å²) in [5, 5.41) is 9.06. The fourth-order valence-electron chi connectivity index (χ4n) is 1.38. The molecule has 0 atom stereocenters. The predicted molar refractivity (Wildman–Crippen MR) is 57.4 cm³/mol. The second-order valence-corrected chi connectivity index (χ2v) is 3.40. The molecule has 0 aliphatic carbocycles. The van der Waals surface area contributed by atoms with E-state index in [0.29, 0.717) is 6.61 Å². The van der Waals surface area contributed by atoms with Gasteiger partial charge in [-0.2, -0.15) is 0 Å². The molecule has 1 rings (SSSR count). The standard InChI is InChI=1S/C12H16O3/c1-3-15-12(14)7-10-5-4-9(2)11(6-10)8-13/h4-6,13H,3,7-8H2,1-2H3. The summed E-state index contributed by atoms with van der Waals surface area (Å²) in [7, 11) is 0. The van der Waals surface area contributed by atoms with Gasteiger partial charge in [-0.15, -0.1) is 0 Å². The van der Waals surface area contributed by atoms with E-state index in [0.717, 1.165) is 16.7 Å². The van der Waals surface area contributed by atoms with Crippen molar-refractivity contribution in [1.82, 2.24) is 0 Å². The van der Waals surface area contributed by atoms with Crippen LogP contribution in [0.5, 0.6) is 0 Å². The number of hydrogen-bond acceptors (Lipinski definition) is 3. The molecule has 0 fully saturated rings. The van der Waals surface area contributed by atoms with Gasteiger partial charge >= 0.3 is 5.97 Å². The molecule has 1 aromatic rings. The lowest BCUT2D eigenvalue weighted by Gasteiger charge is -2.06. The molecular formula is C12H16O3. The van der Waals surface area contributed by atoms with Crippen LogP contribution < -0.4 is 0 Å². The third-order valence-corrected chi connectivity index (χ3v) is 2.24. The van der Waals surface area contributed by atoms with Crippen molar-refractivity contribution < 1.29 is 14.6 Å². The highest BCUT2D eigenvalue weighted by molar-refractivity contribution is 5.72. The van der Waals surface area contributed by atoms with Gasteiger partial charge in [0.25, 0.3) is 0 Å². The van der Waals surface area contributed by atoms with E-state index in [9.17, 15) is 4.79 Å². The van der Waals surface area contributed by atoms with Gasteiger partial charge in [-0.3, -0.25) is 4.79 Å². The fraction of sp³-hybridized carbons (Fsp3) is 0.417. The number of hydrogen-bond donors (Lipinski definition) is 1. The molecule has 0 bridgehead atoms. The van der Waals surface area contributed by atoms with Crippen molar-refractivity contribution >= 4 is 5.97 Å². The maximum absolute atomic E-state index is 11.2. The van der Waals surface area contributed by atoms with Gasteiger partial charge in [-0.1, -0.05) is 18.2 Å². The number of carbonyl (C=O) groups is 1. The molecule has 15 heavy (non-hydrogen) atoms. The smallest absolute Gasteiger partial charge is 0.310 e. The second kappa shape index (κ2) is 5.51. The van der Waals surface area contributed by atoms with E-state index in [2.05, 4.69) is 0 Å². The van der Waals surface area contributed by atoms with Crippen LogP contribution in [-0.4, -0.2) is 17.7 Å². The van der Waals surface area contributed by atoms with Crippen LogP contribution in [0.2, 0.25) is 0 Å². The molecule has 0 spiro atoms. The molecule has 0 amide bonds. The third kappa shape index (κ3) is 3.36. The van der Waals surface area contributed by atoms with E-state index < -0.39 is 0 Å². The van der Waals surface area contributed by atoms with E-state index in [1.165, 1.54) is 0 Å². The predicted octanol–water partition coefficient (Wildman–Crippen LogP) is 1.59. The van der Waals surface area contributed by atoms with E-state index in [1.807, 2.05) is 25.1 Å². The average molecular weight is 208 g/mol. The van der Waals surface area contributed by atoms with Gasteiger partial charge < -0.3 is 9.84 Å². The lowest BCUT2D eigenvalue weighted by molar-refractivity contribution is -0.142. The van der Waals surface area contributed by atoms with E-state index in [-0.39, 0.29) is 19.0 Å². The fourth-order valence-corrected chi connectivity index (χ4v) is 1.38. The van der Waals surface area contributed by atoms with Gasteiger partial charge in [-0.25, -0.2) is 0 Å². The highest BCUT2D eigenvalue weighted by Gasteiger charge is 2.05. The molecule has 3 heteroatoms. The SMILES string of the molecule is CCOC(=O)Cc1ccc(C)c(CO)c1. The molecule has 1 N–H and O–H groups in total. The zero-order chi connectivity index (χ0) is 11.3. The lowest BCUT2D eigenvalue weighted by Crippen LogP contribution is -2.07. The zero-order valence-corrected chi connectivity index (χ0v) is 9.12. The summed E-state index contributed by atoms with van der Waals surface area (Å²) in [4.78, 5) is 11.2. The minimum Gasteiger partial charge on any atom is -0.466 e. The number of esters is 1. The number of benzene rings is 1. The molecule has 3 nitrogen and oxygen atoms in total. The molecule has 0 heterocycles. The van der Waals surface area contributed by atoms with E-state index in [4.69, 9.17) is 9.84 Å². The topological polar surface area (TPSA) is 46.5 Å². The number of rotatable bonds is 4. The number of aryl methyl sites for hydroxylation is 1. The Morgan fingerprint density at radius 3 is 2.80 bits per heavy atom. The first-order valence-electron chi connectivity index (χ1n) is 5.02. The lowest BCUT2D eigenvalue weighted by atomic mass is 10.0. The van der Waals surface area contributed by atoms with Crippen LogP contribution >= 0.6 is 0 Å². The summed E-state index contributed by atoms with van der Waals surface area (Å²) in [6.07, 6.45) is 0.265. The number of ether oxygens (including phenoxy) is 1. The number of aliphatic hydroxyl groups excluding tert-OH is 1. The highest BCUT2D eigenvalue weighted by Crippen LogP contribution is 2.12. The Kier molecular flexibility index (Phi) is 4.31. The summed E-state index contributed by atoms with van der Waals surface area (Å²) < 4.78 is 4.85. The molecule has 0 aliphatic heterocycles. The Labute approximate surface area is 89.7 Å². The van der Waals surface area contributed by atoms with Crippen molar-refractivity contribution in [3.05, 3.63) is 34.9 Å². The van der Waals surface area contributed by atoms with Crippen molar-refractivity contribution in [2.75, 3.05) is 6.61 Å². The van der Waals surface area contributed by atoms with Gasteiger partial charge in [0.15, 0.2) is 0 Å². The van der Waals surface area contributed by atoms with Gasteiger partial charge in [0, 0.05) is 0 Å². The van der Waals surface area contributed by atoms with Crippen LogP contribution in [0.15, 0.2) is 18.2 Å². The maximum Gasteiger partial charge on any atom is 0.310 e. The van der Waals surface area contributed by atoms with Crippen molar-refractivity contribution in [1.29, 1.82) is 0 Å². The van der Waals surface area contributed by atoms with Crippen LogP contribution in [0.25, 0.3) is 0 Å². The minimum absolute atomic E-state index is 0.00248. The second-order valence-electron chi connectivity index (χ2n) is 3.40. The van der Waals surface area contributed by atoms with Gasteiger partial charge in [-0.05, 0) is 30.5 Å². The maximum atomic E-state index is 11.2. The minimum atomic E-state index is -0.231. The number of aliphatic hydroxyl groups is 1. The van der Waals surface area contributed by atoms with Crippen molar-refractivity contribution in [2.24, 2.45) is 0 Å². The van der Waals surface area contributed by atoms with Crippen LogP contribution in [0.3, 0.4) is 0 Å². The van der Waals surface area contributed by atoms with Crippen molar-refractivity contribution in [2.45, 2.75) is 26.9 Å². The van der Waals surface area contributed by atoms with Gasteiger partial charge in [0.2, 0.25) is 0 Å². The summed E-state index contributed by atoms with van der Waals surface area (Å²) in [6, 6.07) is 5.62. The molecule has 0 saturated heterocycles. The quantitative estimate of drug-likeness (QED) is 0.764. The van der Waals surface area contributed by atoms with Gasteiger partial charge in [0.05, 0.1) is 19.6 Å². The van der Waals surface area contributed by atoms with Crippen LogP contribution in [-0.2, 0) is 22.6 Å². The van der Waals surface area contributed by atoms with Crippen LogP contribution in [0.1, 0.15) is 23.6 Å². The Balaban J connectivity index is 2.74. The summed E-state index contributed by atoms with van der Waals surface area (Å²) in [6.45, 7) is 4.12. The molecule has 0 aromatic heterocycles. The summed E-state index contributed by atoms with van der Waals surface area (Å²) in [5.41, 5.74) is 2.77. The molecule has 0 saturated carbocycles. The molecule has 82 valence electrons. The van der Waals surface area contributed by atoms with Crippen LogP contribution in [0, 0.1) is 6.92 Å². The number of carbonyl (C=O) groups excluding carboxylic acids is 1. The van der Waals surface area contributed by atoms with E-state index in [1.54, 1.807) is 6.92 Å². The Morgan fingerprint density at radius 2 is 2.20 bits per heavy atom. The Hall–Kier alpha value is -1.35. The first-order chi connectivity index (χ1) is 7.17.